The van der Waals surface area contributed by atoms with E-state index in [1.807, 2.05) is 41.4 Å². The first-order chi connectivity index (χ1) is 63.5. The molecule has 3 spiro atoms. The summed E-state index contributed by atoms with van der Waals surface area (Å²) in [5.41, 5.74) is 0.236. The highest BCUT2D eigenvalue weighted by atomic mass is 79.9. The summed E-state index contributed by atoms with van der Waals surface area (Å²) in [4.78, 5) is 112. The van der Waals surface area contributed by atoms with Crippen molar-refractivity contribution in [1.29, 1.82) is 0 Å². The van der Waals surface area contributed by atoms with E-state index in [0.29, 0.717) is 62.3 Å². The quantitative estimate of drug-likeness (QED) is 0.0215. The molecule has 0 unspecified atom stereocenters. The summed E-state index contributed by atoms with van der Waals surface area (Å²) in [6, 6.07) is 27.5. The number of aromatic nitrogens is 3. The SMILES string of the molecule is CCOP(=O)(CCN1n2cc(Br)c(=O)c(OCc3ccccc3)c2C(=O)N(C)[C@@]12CCOC2)OCC.CCOP(=O)(CCN1n2cc(C(=O)NCc3ccc(F)cc3F)c(=O)c(O)c2C(=O)N(C)[C@@]12CCOC2)OCC.CCOP(=O)(CCN1n2cc(C(=O)NCc3ccc(F)cc3F)c(=O)c(OCc3ccccc3)c2C(=O)N(C)[C@@]12CCOC2)OCC.NCc1ccc(F)cc1F. The van der Waals surface area contributed by atoms with Gasteiger partial charge in [-0.25, -0.2) is 26.3 Å². The molecule has 14 rings (SSSR count). The Morgan fingerprint density at radius 3 is 1.09 bits per heavy atom. The lowest BCUT2D eigenvalue weighted by Crippen LogP contribution is -2.70. The molecule has 9 heterocycles. The number of amides is 5. The van der Waals surface area contributed by atoms with Crippen LogP contribution in [-0.2, 0) is 87.9 Å². The topological polar surface area (TPSA) is 394 Å². The summed E-state index contributed by atoms with van der Waals surface area (Å²) >= 11 is 3.35. The first-order valence-corrected chi connectivity index (χ1v) is 48.7. The van der Waals surface area contributed by atoms with Crippen molar-refractivity contribution in [2.24, 2.45) is 5.73 Å². The number of benzene rings is 5. The fourth-order valence-electron chi connectivity index (χ4n) is 16.0. The molecule has 0 aliphatic carbocycles. The van der Waals surface area contributed by atoms with Crippen molar-refractivity contribution in [3.63, 3.8) is 0 Å². The van der Waals surface area contributed by atoms with Crippen molar-refractivity contribution in [1.82, 2.24) is 39.4 Å². The number of carbonyl (C=O) groups is 5. The van der Waals surface area contributed by atoms with Crippen LogP contribution in [0.15, 0.2) is 153 Å². The number of pyridine rings is 3. The number of hydrogen-bond acceptors (Lipinski definition) is 27. The first kappa shape index (κ1) is 103. The highest BCUT2D eigenvalue weighted by Crippen LogP contribution is 2.52. The predicted molar refractivity (Wildman–Crippen MR) is 480 cm³/mol. The predicted octanol–water partition coefficient (Wildman–Crippen LogP) is 11.2. The van der Waals surface area contributed by atoms with Gasteiger partial charge in [-0.3, -0.25) is 81.1 Å². The zero-order chi connectivity index (χ0) is 96.5. The second kappa shape index (κ2) is 45.2. The van der Waals surface area contributed by atoms with Gasteiger partial charge in [-0.15, -0.1) is 0 Å². The average Bonchev–Trinajstić information content (AvgIpc) is 1.72. The number of rotatable bonds is 34. The molecule has 45 heteroatoms. The van der Waals surface area contributed by atoms with E-state index in [1.54, 1.807) is 106 Å². The fraction of sp³-hybridized carbons (Fsp3) is 0.432. The van der Waals surface area contributed by atoms with Gasteiger partial charge in [0.2, 0.25) is 16.3 Å². The van der Waals surface area contributed by atoms with Gasteiger partial charge in [-0.05, 0) is 86.8 Å². The van der Waals surface area contributed by atoms with E-state index in [2.05, 4.69) is 26.6 Å². The van der Waals surface area contributed by atoms with Crippen molar-refractivity contribution < 1.29 is 120 Å². The third kappa shape index (κ3) is 22.8. The summed E-state index contributed by atoms with van der Waals surface area (Å²) in [7, 11) is -5.75. The highest BCUT2D eigenvalue weighted by molar-refractivity contribution is 9.10. The Morgan fingerprint density at radius 1 is 0.451 bits per heavy atom. The Bertz CT molecular complexity index is 5850. The van der Waals surface area contributed by atoms with Gasteiger partial charge in [-0.2, -0.15) is 0 Å². The molecule has 6 aliphatic heterocycles. The van der Waals surface area contributed by atoms with Crippen molar-refractivity contribution in [3.8, 4) is 17.2 Å². The molecule has 0 saturated carbocycles. The van der Waals surface area contributed by atoms with Crippen LogP contribution in [0.2, 0.25) is 0 Å². The van der Waals surface area contributed by atoms with E-state index in [9.17, 15) is 83.5 Å². The van der Waals surface area contributed by atoms with Crippen LogP contribution in [0.25, 0.3) is 0 Å². The average molecular weight is 1990 g/mol. The maximum atomic E-state index is 14.3. The van der Waals surface area contributed by atoms with E-state index >= 15 is 0 Å². The number of aromatic hydroxyl groups is 1. The summed E-state index contributed by atoms with van der Waals surface area (Å²) in [6.45, 7) is 12.4. The minimum atomic E-state index is -3.58. The number of nitrogens with zero attached hydrogens (tertiary/aromatic N) is 9. The van der Waals surface area contributed by atoms with Crippen molar-refractivity contribution in [2.75, 3.05) is 154 Å². The van der Waals surface area contributed by atoms with Gasteiger partial charge in [0.05, 0.1) is 102 Å². The molecule has 5 N–H and O–H groups in total. The Balaban J connectivity index is 0.000000183. The molecule has 133 heavy (non-hydrogen) atoms. The van der Waals surface area contributed by atoms with Crippen molar-refractivity contribution >= 4 is 68.3 Å². The summed E-state index contributed by atoms with van der Waals surface area (Å²) < 4.78 is 186. The molecule has 3 fully saturated rings. The van der Waals surface area contributed by atoms with Crippen LogP contribution in [0, 0.1) is 34.9 Å². The maximum absolute atomic E-state index is 14.3. The third-order valence-electron chi connectivity index (χ3n) is 22.8. The molecular weight excluding hydrogens is 1880 g/mol. The molecule has 3 atom stereocenters. The summed E-state index contributed by atoms with van der Waals surface area (Å²) in [6.07, 6.45) is 5.00. The molecular formula is C88H106BrF6N12O23P3. The van der Waals surface area contributed by atoms with Crippen LogP contribution >= 0.6 is 38.7 Å². The molecule has 5 aromatic carbocycles. The Morgan fingerprint density at radius 2 is 0.767 bits per heavy atom. The minimum absolute atomic E-state index is 0.00134. The highest BCUT2D eigenvalue weighted by Gasteiger charge is 2.57. The second-order valence-corrected chi connectivity index (χ2v) is 38.2. The lowest BCUT2D eigenvalue weighted by molar-refractivity contribution is 0.0299. The van der Waals surface area contributed by atoms with E-state index in [1.165, 1.54) is 50.6 Å². The van der Waals surface area contributed by atoms with Gasteiger partial charge in [0.15, 0.2) is 51.3 Å². The van der Waals surface area contributed by atoms with Crippen molar-refractivity contribution in [2.45, 2.75) is 111 Å². The number of halogens is 7. The van der Waals surface area contributed by atoms with Crippen LogP contribution in [-0.4, -0.2) is 219 Å². The van der Waals surface area contributed by atoms with Gasteiger partial charge in [0.1, 0.15) is 59.2 Å². The van der Waals surface area contributed by atoms with E-state index in [0.717, 1.165) is 36.0 Å². The van der Waals surface area contributed by atoms with E-state index < -0.39 is 137 Å². The summed E-state index contributed by atoms with van der Waals surface area (Å²) in [5, 5.41) is 21.0. The minimum Gasteiger partial charge on any atom is -0.502 e. The number of likely N-dealkylation sites (N-methyl/N-ethyl adjacent to an activating group) is 3. The molecule has 5 amide bonds. The number of nitrogens with two attached hydrogens (primary N) is 1. The lowest BCUT2D eigenvalue weighted by atomic mass is 10.0. The second-order valence-electron chi connectivity index (χ2n) is 30.8. The maximum Gasteiger partial charge on any atom is 0.332 e. The normalized spacial score (nSPS) is 18.0. The number of nitrogens with one attached hydrogen (secondary N) is 2. The van der Waals surface area contributed by atoms with Crippen molar-refractivity contribution in [3.05, 3.63) is 260 Å². The number of fused-ring (bicyclic) bond motifs is 3. The summed E-state index contributed by atoms with van der Waals surface area (Å²) in [5.74, 6) is -9.30. The molecule has 0 bridgehead atoms. The van der Waals surface area contributed by atoms with Gasteiger partial charge < -0.3 is 87.0 Å². The monoisotopic (exact) mass is 1980 g/mol. The van der Waals surface area contributed by atoms with E-state index in [-0.39, 0.29) is 175 Å². The molecule has 3 saturated heterocycles. The van der Waals surface area contributed by atoms with Crippen LogP contribution in [0.1, 0.15) is 141 Å². The molecule has 35 nitrogen and oxygen atoms in total. The molecule has 6 aliphatic rings. The van der Waals surface area contributed by atoms with Gasteiger partial charge in [-0.1, -0.05) is 78.9 Å². The first-order valence-electron chi connectivity index (χ1n) is 42.7. The fourth-order valence-corrected chi connectivity index (χ4v) is 21.0. The zero-order valence-electron chi connectivity index (χ0n) is 74.6. The Labute approximate surface area is 770 Å². The number of ether oxygens (including phenoxy) is 5. The Kier molecular flexibility index (Phi) is 35.0. The smallest absolute Gasteiger partial charge is 0.332 e. The molecule has 8 aromatic rings. The molecule has 3 aromatic heterocycles. The number of carbonyl (C=O) groups excluding carboxylic acids is 5. The van der Waals surface area contributed by atoms with Crippen LogP contribution < -0.4 is 57.2 Å². The lowest BCUT2D eigenvalue weighted by Gasteiger charge is -2.52. The van der Waals surface area contributed by atoms with Gasteiger partial charge in [0, 0.05) is 133 Å². The van der Waals surface area contributed by atoms with Crippen LogP contribution in [0.4, 0.5) is 26.3 Å². The largest absolute Gasteiger partial charge is 0.502 e. The Hall–Kier alpha value is -10.6. The molecule has 0 radical (unpaired) electrons. The third-order valence-corrected chi connectivity index (χ3v) is 29.5. The van der Waals surface area contributed by atoms with E-state index in [4.69, 9.17) is 56.6 Å². The molecule has 720 valence electrons. The zero-order valence-corrected chi connectivity index (χ0v) is 78.9. The standard InChI is InChI=1S/C32H37F2N4O8P.C25H31F2N4O8P.C24H31BrN3O7P.C7H7F2N/c1-4-45-47(42,46-5-2)16-14-38-32(13-15-43-21-32)36(3)31(41)27-29(44-20-22-9-7-6-8-10-22)28(39)25(19-37(27)38)30(40)35-18-23-11-12-24(33)17-26(23)34;1-4-38-40(36,39-5-2)11-9-31-25(8-10-37-15-25)29(3)24(35)20-22(33)21(32)18(14-30(20)31)23(34)28-13-16-6-7-17(26)12-19(16)27;1-4-34-36(31,35-5-2)14-12-28-24(11-13-32-17-24)26(3)23(30)20-22(21(29)19(25)15-27(20)28)33-16-18-9-7-6-8-10-18;8-6-2-1-5(4-10)7(9)3-6/h6-12,17,19H,4-5,13-16,18,20-21H2,1-3H3,(H,35,40);6-7,12,14,33H,4-5,8-11,13,15H2,1-3H3,(H,28,34);6-10,15H,4-5,11-14,16-17H2,1-3H3;1-3H,4,10H2/t32-;25-;24-;/m000./s1. The van der Waals surface area contributed by atoms with Crippen LogP contribution in [0.5, 0.6) is 17.2 Å². The van der Waals surface area contributed by atoms with Gasteiger partial charge >= 0.3 is 22.8 Å². The number of hydrogen-bond donors (Lipinski definition) is 4. The van der Waals surface area contributed by atoms with Gasteiger partial charge in [0.25, 0.3) is 29.5 Å². The van der Waals surface area contributed by atoms with Crippen LogP contribution in [0.3, 0.4) is 0 Å².